The van der Waals surface area contributed by atoms with Crippen molar-refractivity contribution < 1.29 is 51.0 Å². The normalized spacial score (nSPS) is 15.7. The van der Waals surface area contributed by atoms with Gasteiger partial charge in [0.15, 0.2) is 0 Å². The Morgan fingerprint density at radius 3 is 1.89 bits per heavy atom. The first kappa shape index (κ1) is 31.5. The number of fused-ring (bicyclic) bond motifs is 5. The summed E-state index contributed by atoms with van der Waals surface area (Å²) in [6, 6.07) is 9.72. The van der Waals surface area contributed by atoms with E-state index in [1.165, 1.54) is 45.5 Å². The van der Waals surface area contributed by atoms with E-state index in [-0.39, 0.29) is 67.3 Å². The van der Waals surface area contributed by atoms with Gasteiger partial charge in [-0.25, -0.2) is 0 Å². The molecular formula is C33H41Cl2Zr. The van der Waals surface area contributed by atoms with E-state index in [0.717, 1.165) is 6.42 Å². The molecule has 0 saturated carbocycles. The zero-order valence-corrected chi connectivity index (χ0v) is 27.7. The molecule has 0 bridgehead atoms. The van der Waals surface area contributed by atoms with Crippen LogP contribution in [-0.2, 0) is 49.9 Å². The van der Waals surface area contributed by atoms with Gasteiger partial charge >= 0.3 is 26.2 Å². The van der Waals surface area contributed by atoms with Gasteiger partial charge in [-0.05, 0) is 52.7 Å². The Kier molecular flexibility index (Phi) is 8.82. The van der Waals surface area contributed by atoms with Crippen molar-refractivity contribution in [3.63, 3.8) is 0 Å². The number of hydrogen-bond acceptors (Lipinski definition) is 0. The quantitative estimate of drug-likeness (QED) is 0.376. The number of benzene rings is 2. The third kappa shape index (κ3) is 4.87. The fourth-order valence-corrected chi connectivity index (χ4v) is 6.57. The molecule has 0 aromatic heterocycles. The molecule has 0 unspecified atom stereocenters. The standard InChI is InChI=1S/C33H41.2ClH.Zr/c1-19-11-14-24(29(19)32(5,6)7)28-27-25-18-21(31(2,3)4)13-12-20(25)17-26(27)22-15-16-23(22)30(28)33(8,9)10;;;/h11-13,17-18H,14-16H2,1-10H3;2*1H;/q-1;;;+3/p-2. The molecular weight excluding hydrogens is 558 g/mol. The van der Waals surface area contributed by atoms with Gasteiger partial charge in [0.05, 0.1) is 0 Å². The Hall–Kier alpha value is -0.747. The Morgan fingerprint density at radius 1 is 0.778 bits per heavy atom. The number of halogens is 2. The topological polar surface area (TPSA) is 0 Å². The summed E-state index contributed by atoms with van der Waals surface area (Å²) in [6.45, 7) is 23.8. The monoisotopic (exact) mass is 597 g/mol. The summed E-state index contributed by atoms with van der Waals surface area (Å²) in [5.74, 6) is 0. The second kappa shape index (κ2) is 10.1. The average molecular weight is 600 g/mol. The first-order valence-corrected chi connectivity index (χ1v) is 12.8. The van der Waals surface area contributed by atoms with Gasteiger partial charge in [-0.2, -0.15) is 0 Å². The SMILES string of the molecule is CC1=CCC(c2c(C(C)(C)C)c3c(c4[cH-]c5ccc(C(C)(C)C)cc5c24)CC3)=C1C(C)(C)C.[Cl-].[Cl-].[Zr+3]. The van der Waals surface area contributed by atoms with Gasteiger partial charge in [-0.1, -0.05) is 109 Å². The zero-order chi connectivity index (χ0) is 24.1. The van der Waals surface area contributed by atoms with Crippen molar-refractivity contribution in [3.8, 4) is 0 Å². The van der Waals surface area contributed by atoms with E-state index in [1.807, 2.05) is 0 Å². The van der Waals surface area contributed by atoms with Crippen LogP contribution in [0.5, 0.6) is 0 Å². The van der Waals surface area contributed by atoms with E-state index in [1.54, 1.807) is 33.4 Å². The summed E-state index contributed by atoms with van der Waals surface area (Å²) in [6.07, 6.45) is 5.98. The molecule has 2 aliphatic rings. The maximum Gasteiger partial charge on any atom is 3.00 e. The summed E-state index contributed by atoms with van der Waals surface area (Å²) in [4.78, 5) is 0. The molecule has 3 heteroatoms. The molecule has 3 aromatic carbocycles. The molecule has 3 aromatic rings. The molecule has 5 rings (SSSR count). The first-order chi connectivity index (χ1) is 15.2. The third-order valence-electron chi connectivity index (χ3n) is 7.98. The second-order valence-electron chi connectivity index (χ2n) is 13.6. The van der Waals surface area contributed by atoms with E-state index in [4.69, 9.17) is 0 Å². The number of allylic oxidation sites excluding steroid dienone is 4. The third-order valence-corrected chi connectivity index (χ3v) is 7.98. The van der Waals surface area contributed by atoms with Gasteiger partial charge in [-0.15, -0.1) is 39.2 Å². The molecule has 191 valence electrons. The largest absolute Gasteiger partial charge is 3.00 e. The molecule has 0 heterocycles. The van der Waals surface area contributed by atoms with Crippen LogP contribution in [0.4, 0.5) is 0 Å². The molecule has 0 amide bonds. The fourth-order valence-electron chi connectivity index (χ4n) is 6.57. The van der Waals surface area contributed by atoms with Crippen molar-refractivity contribution in [1.82, 2.24) is 0 Å². The molecule has 0 spiro atoms. The maximum absolute atomic E-state index is 2.51. The minimum absolute atomic E-state index is 0. The van der Waals surface area contributed by atoms with Crippen LogP contribution >= 0.6 is 0 Å². The van der Waals surface area contributed by atoms with Gasteiger partial charge in [0.25, 0.3) is 0 Å². The van der Waals surface area contributed by atoms with Crippen molar-refractivity contribution in [1.29, 1.82) is 0 Å². The van der Waals surface area contributed by atoms with Crippen LogP contribution in [0.2, 0.25) is 0 Å². The minimum Gasteiger partial charge on any atom is -1.00 e. The van der Waals surface area contributed by atoms with Crippen molar-refractivity contribution >= 4 is 27.1 Å². The van der Waals surface area contributed by atoms with Gasteiger partial charge in [0, 0.05) is 0 Å². The Morgan fingerprint density at radius 2 is 1.39 bits per heavy atom. The van der Waals surface area contributed by atoms with Gasteiger partial charge < -0.3 is 24.8 Å². The van der Waals surface area contributed by atoms with Crippen molar-refractivity contribution in [2.75, 3.05) is 0 Å². The van der Waals surface area contributed by atoms with Crippen LogP contribution < -0.4 is 24.8 Å². The minimum atomic E-state index is 0. The number of aryl methyl sites for hydroxylation is 1. The Balaban J connectivity index is 0.00000152. The summed E-state index contributed by atoms with van der Waals surface area (Å²) in [5.41, 5.74) is 12.9. The van der Waals surface area contributed by atoms with E-state index in [0.29, 0.717) is 0 Å². The Labute approximate surface area is 250 Å². The molecule has 1 radical (unpaired) electrons. The number of hydrogen-bond donors (Lipinski definition) is 0. The Bertz CT molecular complexity index is 1380. The summed E-state index contributed by atoms with van der Waals surface area (Å²) >= 11 is 0. The van der Waals surface area contributed by atoms with E-state index < -0.39 is 0 Å². The molecule has 0 N–H and O–H groups in total. The molecule has 0 fully saturated rings. The summed E-state index contributed by atoms with van der Waals surface area (Å²) < 4.78 is 0. The van der Waals surface area contributed by atoms with E-state index >= 15 is 0 Å². The summed E-state index contributed by atoms with van der Waals surface area (Å²) in [7, 11) is 0. The van der Waals surface area contributed by atoms with Crippen LogP contribution in [0.25, 0.3) is 27.1 Å². The maximum atomic E-state index is 2.51. The van der Waals surface area contributed by atoms with Crippen LogP contribution in [-0.4, -0.2) is 0 Å². The van der Waals surface area contributed by atoms with Crippen molar-refractivity contribution in [2.45, 2.75) is 99.3 Å². The van der Waals surface area contributed by atoms with Gasteiger partial charge in [0.2, 0.25) is 0 Å². The predicted molar refractivity (Wildman–Crippen MR) is 147 cm³/mol. The average Bonchev–Trinajstić information content (AvgIpc) is 3.19. The number of rotatable bonds is 1. The van der Waals surface area contributed by atoms with E-state index in [9.17, 15) is 0 Å². The van der Waals surface area contributed by atoms with Crippen molar-refractivity contribution in [3.05, 3.63) is 69.3 Å². The van der Waals surface area contributed by atoms with E-state index in [2.05, 4.69) is 99.6 Å². The molecule has 0 atom stereocenters. The van der Waals surface area contributed by atoms with Crippen LogP contribution in [0.1, 0.15) is 103 Å². The van der Waals surface area contributed by atoms with Crippen LogP contribution in [0.3, 0.4) is 0 Å². The van der Waals surface area contributed by atoms with Crippen LogP contribution in [0.15, 0.2) is 41.5 Å². The smallest absolute Gasteiger partial charge is 1.00 e. The molecule has 0 nitrogen and oxygen atoms in total. The first-order valence-electron chi connectivity index (χ1n) is 12.8. The summed E-state index contributed by atoms with van der Waals surface area (Å²) in [5, 5.41) is 5.91. The van der Waals surface area contributed by atoms with Gasteiger partial charge in [0.1, 0.15) is 0 Å². The van der Waals surface area contributed by atoms with Gasteiger partial charge in [-0.3, -0.25) is 0 Å². The second-order valence-corrected chi connectivity index (χ2v) is 13.6. The van der Waals surface area contributed by atoms with Crippen LogP contribution in [0, 0.1) is 5.41 Å². The predicted octanol–water partition coefficient (Wildman–Crippen LogP) is 3.56. The molecule has 2 aliphatic carbocycles. The van der Waals surface area contributed by atoms with Crippen molar-refractivity contribution in [2.24, 2.45) is 5.41 Å². The fraction of sp³-hybridized carbons (Fsp3) is 0.485. The zero-order valence-electron chi connectivity index (χ0n) is 23.8. The molecule has 0 aliphatic heterocycles. The molecule has 0 saturated heterocycles. The molecule has 36 heavy (non-hydrogen) atoms.